The van der Waals surface area contributed by atoms with Crippen LogP contribution in [0, 0.1) is 11.6 Å². The van der Waals surface area contributed by atoms with Gasteiger partial charge < -0.3 is 10.1 Å². The van der Waals surface area contributed by atoms with E-state index in [-0.39, 0.29) is 12.4 Å². The Labute approximate surface area is 119 Å². The molecule has 1 aromatic heterocycles. The minimum Gasteiger partial charge on any atom is -0.489 e. The lowest BCUT2D eigenvalue weighted by Gasteiger charge is -2.07. The fourth-order valence-corrected chi connectivity index (χ4v) is 2.54. The van der Waals surface area contributed by atoms with Crippen LogP contribution in [0.5, 0.6) is 5.75 Å². The molecule has 0 spiro atoms. The van der Waals surface area contributed by atoms with Gasteiger partial charge in [-0.25, -0.2) is 8.78 Å². The Balaban J connectivity index is 1.70. The van der Waals surface area contributed by atoms with Crippen molar-refractivity contribution in [2.45, 2.75) is 6.54 Å². The molecule has 0 saturated carbocycles. The van der Waals surface area contributed by atoms with Gasteiger partial charge >= 0.3 is 0 Å². The summed E-state index contributed by atoms with van der Waals surface area (Å²) in [6, 6.07) is 6.91. The Morgan fingerprint density at radius 2 is 2.05 bits per heavy atom. The molecule has 0 radical (unpaired) electrons. The quantitative estimate of drug-likeness (QED) is 0.819. The second kappa shape index (κ2) is 6.84. The molecule has 0 fully saturated rings. The van der Waals surface area contributed by atoms with Crippen molar-refractivity contribution in [1.29, 1.82) is 0 Å². The zero-order valence-corrected chi connectivity index (χ0v) is 11.5. The van der Waals surface area contributed by atoms with Gasteiger partial charge in [0.1, 0.15) is 12.4 Å². The summed E-state index contributed by atoms with van der Waals surface area (Å²) in [7, 11) is 0. The lowest BCUT2D eigenvalue weighted by atomic mass is 10.3. The molecule has 2 rings (SSSR count). The van der Waals surface area contributed by atoms with Crippen molar-refractivity contribution in [3.05, 3.63) is 51.2 Å². The Hall–Kier alpha value is -1.17. The molecule has 0 aliphatic heterocycles. The highest BCUT2D eigenvalue weighted by atomic mass is 35.5. The molecule has 19 heavy (non-hydrogen) atoms. The van der Waals surface area contributed by atoms with Crippen molar-refractivity contribution in [2.75, 3.05) is 13.2 Å². The van der Waals surface area contributed by atoms with Crippen molar-refractivity contribution in [2.24, 2.45) is 0 Å². The van der Waals surface area contributed by atoms with E-state index in [4.69, 9.17) is 16.3 Å². The van der Waals surface area contributed by atoms with Crippen LogP contribution in [0.2, 0.25) is 4.34 Å². The molecule has 1 aromatic carbocycles. The molecule has 0 aliphatic carbocycles. The first-order valence-electron chi connectivity index (χ1n) is 5.68. The van der Waals surface area contributed by atoms with Gasteiger partial charge in [0.15, 0.2) is 11.6 Å². The minimum atomic E-state index is -0.563. The van der Waals surface area contributed by atoms with Crippen LogP contribution in [-0.4, -0.2) is 13.2 Å². The number of nitrogens with one attached hydrogen (secondary N) is 1. The zero-order valence-electron chi connectivity index (χ0n) is 9.96. The van der Waals surface area contributed by atoms with Gasteiger partial charge in [0.25, 0.3) is 0 Å². The lowest BCUT2D eigenvalue weighted by molar-refractivity contribution is 0.297. The van der Waals surface area contributed by atoms with Gasteiger partial charge in [-0.3, -0.25) is 0 Å². The van der Waals surface area contributed by atoms with E-state index in [0.717, 1.165) is 27.4 Å². The number of hydrogen-bond donors (Lipinski definition) is 1. The maximum atomic E-state index is 13.2. The monoisotopic (exact) mass is 303 g/mol. The van der Waals surface area contributed by atoms with Crippen molar-refractivity contribution >= 4 is 22.9 Å². The molecule has 2 nitrogen and oxygen atoms in total. The predicted octanol–water partition coefficient (Wildman–Crippen LogP) is 3.85. The third kappa shape index (κ3) is 4.45. The van der Waals surface area contributed by atoms with Gasteiger partial charge in [-0.15, -0.1) is 11.3 Å². The smallest absolute Gasteiger partial charge is 0.165 e. The molecule has 0 aliphatic rings. The Morgan fingerprint density at radius 1 is 1.21 bits per heavy atom. The van der Waals surface area contributed by atoms with Gasteiger partial charge in [0.2, 0.25) is 0 Å². The first-order valence-corrected chi connectivity index (χ1v) is 6.87. The van der Waals surface area contributed by atoms with Crippen LogP contribution < -0.4 is 10.1 Å². The van der Waals surface area contributed by atoms with Crippen LogP contribution in [0.3, 0.4) is 0 Å². The van der Waals surface area contributed by atoms with Crippen molar-refractivity contribution in [3.63, 3.8) is 0 Å². The highest BCUT2D eigenvalue weighted by Gasteiger charge is 2.04. The standard InChI is InChI=1S/C13H12ClF2NOS/c14-13-4-2-10(19-13)8-17-5-6-18-12-7-9(15)1-3-11(12)16/h1-4,7,17H,5-6,8H2. The number of benzene rings is 1. The summed E-state index contributed by atoms with van der Waals surface area (Å²) in [5, 5.41) is 3.13. The van der Waals surface area contributed by atoms with E-state index in [0.29, 0.717) is 13.1 Å². The molecule has 6 heteroatoms. The molecular formula is C13H12ClF2NOS. The van der Waals surface area contributed by atoms with Crippen molar-refractivity contribution < 1.29 is 13.5 Å². The van der Waals surface area contributed by atoms with Crippen LogP contribution in [0.4, 0.5) is 8.78 Å². The molecule has 2 aromatic rings. The number of halogens is 3. The van der Waals surface area contributed by atoms with Crippen LogP contribution in [0.25, 0.3) is 0 Å². The molecule has 0 unspecified atom stereocenters. The lowest BCUT2D eigenvalue weighted by Crippen LogP contribution is -2.20. The number of hydrogen-bond acceptors (Lipinski definition) is 3. The largest absolute Gasteiger partial charge is 0.489 e. The molecule has 1 heterocycles. The first-order chi connectivity index (χ1) is 9.15. The van der Waals surface area contributed by atoms with Crippen LogP contribution >= 0.6 is 22.9 Å². The molecule has 0 atom stereocenters. The summed E-state index contributed by atoms with van der Waals surface area (Å²) >= 11 is 7.30. The average Bonchev–Trinajstić information content (AvgIpc) is 2.79. The molecule has 0 amide bonds. The summed E-state index contributed by atoms with van der Waals surface area (Å²) in [5.41, 5.74) is 0. The zero-order chi connectivity index (χ0) is 13.7. The molecular weight excluding hydrogens is 292 g/mol. The van der Waals surface area contributed by atoms with E-state index in [1.807, 2.05) is 12.1 Å². The Kier molecular flexibility index (Phi) is 5.13. The van der Waals surface area contributed by atoms with Gasteiger partial charge in [0, 0.05) is 24.0 Å². The third-order valence-electron chi connectivity index (χ3n) is 2.36. The van der Waals surface area contributed by atoms with Crippen molar-refractivity contribution in [3.8, 4) is 5.75 Å². The summed E-state index contributed by atoms with van der Waals surface area (Å²) in [6.45, 7) is 1.47. The van der Waals surface area contributed by atoms with E-state index in [1.54, 1.807) is 0 Å². The van der Waals surface area contributed by atoms with E-state index < -0.39 is 11.6 Å². The van der Waals surface area contributed by atoms with Gasteiger partial charge in [-0.1, -0.05) is 11.6 Å². The predicted molar refractivity (Wildman–Crippen MR) is 72.9 cm³/mol. The molecule has 0 saturated heterocycles. The van der Waals surface area contributed by atoms with Crippen molar-refractivity contribution in [1.82, 2.24) is 5.32 Å². The molecule has 102 valence electrons. The Morgan fingerprint density at radius 3 is 2.79 bits per heavy atom. The summed E-state index contributed by atoms with van der Waals surface area (Å²) in [6.07, 6.45) is 0. The highest BCUT2D eigenvalue weighted by molar-refractivity contribution is 7.16. The summed E-state index contributed by atoms with van der Waals surface area (Å²) in [5.74, 6) is -1.15. The minimum absolute atomic E-state index is 0.0685. The fourth-order valence-electron chi connectivity index (χ4n) is 1.48. The first kappa shape index (κ1) is 14.2. The summed E-state index contributed by atoms with van der Waals surface area (Å²) < 4.78 is 32.0. The van der Waals surface area contributed by atoms with Gasteiger partial charge in [0.05, 0.1) is 4.34 Å². The number of rotatable bonds is 6. The SMILES string of the molecule is Fc1ccc(F)c(OCCNCc2ccc(Cl)s2)c1. The van der Waals surface area contributed by atoms with Crippen LogP contribution in [-0.2, 0) is 6.54 Å². The van der Waals surface area contributed by atoms with E-state index in [1.165, 1.54) is 11.3 Å². The maximum Gasteiger partial charge on any atom is 0.165 e. The van der Waals surface area contributed by atoms with Crippen LogP contribution in [0.15, 0.2) is 30.3 Å². The average molecular weight is 304 g/mol. The summed E-state index contributed by atoms with van der Waals surface area (Å²) in [4.78, 5) is 1.11. The van der Waals surface area contributed by atoms with E-state index in [9.17, 15) is 8.78 Å². The second-order valence-corrected chi connectivity index (χ2v) is 5.61. The van der Waals surface area contributed by atoms with E-state index in [2.05, 4.69) is 5.32 Å². The Bertz CT molecular complexity index is 547. The maximum absolute atomic E-state index is 13.2. The van der Waals surface area contributed by atoms with E-state index >= 15 is 0 Å². The fraction of sp³-hybridized carbons (Fsp3) is 0.231. The molecule has 0 bridgehead atoms. The highest BCUT2D eigenvalue weighted by Crippen LogP contribution is 2.21. The number of ether oxygens (including phenoxy) is 1. The van der Waals surface area contributed by atoms with Gasteiger partial charge in [-0.2, -0.15) is 0 Å². The second-order valence-electron chi connectivity index (χ2n) is 3.81. The third-order valence-corrected chi connectivity index (χ3v) is 3.59. The van der Waals surface area contributed by atoms with Crippen LogP contribution in [0.1, 0.15) is 4.88 Å². The molecule has 1 N–H and O–H groups in total. The van der Waals surface area contributed by atoms with Gasteiger partial charge in [-0.05, 0) is 24.3 Å². The number of thiophene rings is 1. The normalized spacial score (nSPS) is 10.7. The topological polar surface area (TPSA) is 21.3 Å².